The van der Waals surface area contributed by atoms with Gasteiger partial charge in [0.05, 0.1) is 17.9 Å². The Hall–Kier alpha value is -1.82. The molecular weight excluding hydrogens is 273 g/mol. The van der Waals surface area contributed by atoms with Crippen molar-refractivity contribution in [1.82, 2.24) is 0 Å². The Morgan fingerprint density at radius 3 is 2.57 bits per heavy atom. The molecule has 1 aromatic carbocycles. The lowest BCUT2D eigenvalue weighted by atomic mass is 10.2. The zero-order chi connectivity index (χ0) is 14.7. The summed E-state index contributed by atoms with van der Waals surface area (Å²) in [6.07, 6.45) is -0.574. The molecule has 3 fully saturated rings. The molecule has 1 saturated carbocycles. The first kappa shape index (κ1) is 12.9. The summed E-state index contributed by atoms with van der Waals surface area (Å²) in [5, 5.41) is 0. The van der Waals surface area contributed by atoms with Crippen molar-refractivity contribution in [3.05, 3.63) is 24.0 Å². The minimum absolute atomic E-state index is 0.160. The summed E-state index contributed by atoms with van der Waals surface area (Å²) >= 11 is 0. The maximum Gasteiger partial charge on any atom is 0.414 e. The van der Waals surface area contributed by atoms with E-state index in [1.54, 1.807) is 12.1 Å². The Bertz CT molecular complexity index is 597. The number of nitrogens with two attached hydrogens (primary N) is 1. The Balaban J connectivity index is 1.55. The number of ether oxygens (including phenoxy) is 1. The van der Waals surface area contributed by atoms with E-state index in [4.69, 9.17) is 10.5 Å². The number of nitrogens with zero attached hydrogens (tertiary/aromatic N) is 2. The van der Waals surface area contributed by atoms with Crippen molar-refractivity contribution in [2.24, 2.45) is 17.6 Å². The van der Waals surface area contributed by atoms with Crippen LogP contribution in [0.4, 0.5) is 20.6 Å². The number of carbonyl (C=O) groups is 1. The number of benzene rings is 1. The fourth-order valence-electron chi connectivity index (χ4n) is 3.50. The van der Waals surface area contributed by atoms with Crippen LogP contribution in [0.15, 0.2) is 18.2 Å². The second kappa shape index (κ2) is 4.34. The molecule has 0 radical (unpaired) electrons. The lowest BCUT2D eigenvalue weighted by Crippen LogP contribution is -2.29. The number of cyclic esters (lactones) is 1. The highest BCUT2D eigenvalue weighted by Crippen LogP contribution is 2.45. The van der Waals surface area contributed by atoms with Crippen LogP contribution in [-0.2, 0) is 4.74 Å². The molecule has 21 heavy (non-hydrogen) atoms. The summed E-state index contributed by atoms with van der Waals surface area (Å²) in [5.41, 5.74) is 7.05. The third-order valence-electron chi connectivity index (χ3n) is 4.81. The molecule has 0 aromatic heterocycles. The van der Waals surface area contributed by atoms with Crippen LogP contribution in [0.25, 0.3) is 0 Å². The normalized spacial score (nSPS) is 34.1. The summed E-state index contributed by atoms with van der Waals surface area (Å²) in [4.78, 5) is 15.2. The van der Waals surface area contributed by atoms with E-state index in [0.29, 0.717) is 35.8 Å². The Kier molecular flexibility index (Phi) is 2.66. The maximum atomic E-state index is 14.4. The van der Waals surface area contributed by atoms with Gasteiger partial charge in [0.2, 0.25) is 0 Å². The number of anilines is 2. The van der Waals surface area contributed by atoms with Gasteiger partial charge in [0.15, 0.2) is 0 Å². The standard InChI is InChI=1S/C15H18FN3O2/c1-8-5-19(15(20)21-8)9-2-3-13(12(16)4-9)18-6-10-11(7-18)14(10)17/h2-4,8,10-11,14H,5-7,17H2,1H3/t8-,10-,11+,14?/m0/s1. The van der Waals surface area contributed by atoms with E-state index in [-0.39, 0.29) is 11.9 Å². The monoisotopic (exact) mass is 291 g/mol. The van der Waals surface area contributed by atoms with E-state index in [0.717, 1.165) is 13.1 Å². The molecule has 2 heterocycles. The molecule has 0 bridgehead atoms. The minimum Gasteiger partial charge on any atom is -0.444 e. The predicted molar refractivity (Wildman–Crippen MR) is 76.9 cm³/mol. The minimum atomic E-state index is -0.414. The molecule has 3 aliphatic rings. The van der Waals surface area contributed by atoms with Crippen LogP contribution < -0.4 is 15.5 Å². The van der Waals surface area contributed by atoms with Gasteiger partial charge in [-0.25, -0.2) is 9.18 Å². The Labute approximate surface area is 122 Å². The van der Waals surface area contributed by atoms with Crippen molar-refractivity contribution in [2.75, 3.05) is 29.4 Å². The third-order valence-corrected chi connectivity index (χ3v) is 4.81. The first-order valence-corrected chi connectivity index (χ1v) is 7.33. The van der Waals surface area contributed by atoms with Crippen molar-refractivity contribution in [2.45, 2.75) is 19.1 Å². The van der Waals surface area contributed by atoms with E-state index in [1.807, 2.05) is 11.8 Å². The molecule has 1 amide bonds. The number of halogens is 1. The van der Waals surface area contributed by atoms with Crippen LogP contribution in [0, 0.1) is 17.7 Å². The molecule has 4 rings (SSSR count). The molecule has 2 saturated heterocycles. The molecule has 0 spiro atoms. The summed E-state index contributed by atoms with van der Waals surface area (Å²) in [6, 6.07) is 5.24. The second-order valence-electron chi connectivity index (χ2n) is 6.25. The molecular formula is C15H18FN3O2. The zero-order valence-electron chi connectivity index (χ0n) is 11.8. The highest BCUT2D eigenvalue weighted by Gasteiger charge is 2.53. The first-order valence-electron chi connectivity index (χ1n) is 7.33. The van der Waals surface area contributed by atoms with Crippen LogP contribution >= 0.6 is 0 Å². The number of rotatable bonds is 2. The summed E-state index contributed by atoms with van der Waals surface area (Å²) in [6.45, 7) is 3.93. The van der Waals surface area contributed by atoms with Crippen LogP contribution in [0.1, 0.15) is 6.92 Å². The molecule has 112 valence electrons. The van der Waals surface area contributed by atoms with Crippen LogP contribution in [0.2, 0.25) is 0 Å². The lowest BCUT2D eigenvalue weighted by molar-refractivity contribution is 0.150. The fourth-order valence-corrected chi connectivity index (χ4v) is 3.50. The van der Waals surface area contributed by atoms with Crippen LogP contribution in [0.5, 0.6) is 0 Å². The van der Waals surface area contributed by atoms with Crippen LogP contribution in [-0.4, -0.2) is 37.9 Å². The lowest BCUT2D eigenvalue weighted by Gasteiger charge is -2.23. The second-order valence-corrected chi connectivity index (χ2v) is 6.25. The molecule has 2 N–H and O–H groups in total. The van der Waals surface area contributed by atoms with E-state index in [9.17, 15) is 9.18 Å². The molecule has 5 nitrogen and oxygen atoms in total. The number of fused-ring (bicyclic) bond motifs is 1. The number of hydrogen-bond acceptors (Lipinski definition) is 4. The average Bonchev–Trinajstić information content (AvgIpc) is 2.82. The van der Waals surface area contributed by atoms with Gasteiger partial charge < -0.3 is 15.4 Å². The van der Waals surface area contributed by atoms with E-state index < -0.39 is 6.09 Å². The largest absolute Gasteiger partial charge is 0.444 e. The first-order chi connectivity index (χ1) is 10.0. The Morgan fingerprint density at radius 1 is 1.29 bits per heavy atom. The molecule has 4 atom stereocenters. The fraction of sp³-hybridized carbons (Fsp3) is 0.533. The molecule has 1 aliphatic carbocycles. The number of piperidine rings is 1. The van der Waals surface area contributed by atoms with Gasteiger partial charge in [-0.15, -0.1) is 0 Å². The van der Waals surface area contributed by atoms with Crippen LogP contribution in [0.3, 0.4) is 0 Å². The highest BCUT2D eigenvalue weighted by molar-refractivity contribution is 5.90. The summed E-state index contributed by atoms with van der Waals surface area (Å²) in [5.74, 6) is 0.728. The van der Waals surface area contributed by atoms with Crippen molar-refractivity contribution in [1.29, 1.82) is 0 Å². The van der Waals surface area contributed by atoms with E-state index >= 15 is 0 Å². The van der Waals surface area contributed by atoms with Gasteiger partial charge >= 0.3 is 6.09 Å². The highest BCUT2D eigenvalue weighted by atomic mass is 19.1. The predicted octanol–water partition coefficient (Wildman–Crippen LogP) is 1.56. The maximum absolute atomic E-state index is 14.4. The SMILES string of the molecule is C[C@H]1CN(c2ccc(N3C[C@@H]4C(N)[C@@H]4C3)c(F)c2)C(=O)O1. The van der Waals surface area contributed by atoms with E-state index in [2.05, 4.69) is 0 Å². The Morgan fingerprint density at radius 2 is 2.00 bits per heavy atom. The smallest absolute Gasteiger partial charge is 0.414 e. The van der Waals surface area contributed by atoms with Gasteiger partial charge in [0.1, 0.15) is 11.9 Å². The van der Waals surface area contributed by atoms with Gasteiger partial charge in [-0.05, 0) is 37.0 Å². The summed E-state index contributed by atoms with van der Waals surface area (Å²) < 4.78 is 19.4. The number of hydrogen-bond donors (Lipinski definition) is 1. The van der Waals surface area contributed by atoms with Gasteiger partial charge in [-0.2, -0.15) is 0 Å². The van der Waals surface area contributed by atoms with Gasteiger partial charge in [0, 0.05) is 19.1 Å². The van der Waals surface area contributed by atoms with Crippen molar-refractivity contribution < 1.29 is 13.9 Å². The zero-order valence-corrected chi connectivity index (χ0v) is 11.8. The molecule has 6 heteroatoms. The topological polar surface area (TPSA) is 58.8 Å². The molecule has 1 aromatic rings. The summed E-state index contributed by atoms with van der Waals surface area (Å²) in [7, 11) is 0. The van der Waals surface area contributed by atoms with Gasteiger partial charge in [-0.1, -0.05) is 0 Å². The molecule has 1 unspecified atom stereocenters. The number of amides is 1. The quantitative estimate of drug-likeness (QED) is 0.898. The van der Waals surface area contributed by atoms with Gasteiger partial charge in [0.25, 0.3) is 0 Å². The van der Waals surface area contributed by atoms with Crippen molar-refractivity contribution >= 4 is 17.5 Å². The van der Waals surface area contributed by atoms with E-state index in [1.165, 1.54) is 11.0 Å². The number of carbonyl (C=O) groups excluding carboxylic acids is 1. The molecule has 2 aliphatic heterocycles. The average molecular weight is 291 g/mol. The van der Waals surface area contributed by atoms with Crippen molar-refractivity contribution in [3.63, 3.8) is 0 Å². The van der Waals surface area contributed by atoms with Crippen molar-refractivity contribution in [3.8, 4) is 0 Å². The third kappa shape index (κ3) is 1.97. The van der Waals surface area contributed by atoms with Gasteiger partial charge in [-0.3, -0.25) is 4.90 Å².